The predicted octanol–water partition coefficient (Wildman–Crippen LogP) is 6.48. The van der Waals surface area contributed by atoms with Crippen LogP contribution in [-0.2, 0) is 20.8 Å². The Balaban J connectivity index is 1.79. The lowest BCUT2D eigenvalue weighted by Gasteiger charge is -2.59. The lowest BCUT2D eigenvalue weighted by Crippen LogP contribution is -2.69. The number of carbonyl (C=O) groups excluding carboxylic acids is 3. The molecular weight excluding hydrogens is 544 g/mol. The normalized spacial score (nSPS) is 28.9. The van der Waals surface area contributed by atoms with Gasteiger partial charge in [-0.25, -0.2) is 0 Å². The summed E-state index contributed by atoms with van der Waals surface area (Å²) in [5, 5.41) is 47.1. The van der Waals surface area contributed by atoms with Crippen LogP contribution in [0.1, 0.15) is 88.6 Å². The molecule has 0 aromatic heterocycles. The second-order valence-electron chi connectivity index (χ2n) is 13.6. The summed E-state index contributed by atoms with van der Waals surface area (Å²) in [5.74, 6) is -5.23. The Bertz CT molecular complexity index is 1660. The minimum absolute atomic E-state index is 0.00719. The maximum atomic E-state index is 14.5. The van der Waals surface area contributed by atoms with Gasteiger partial charge in [0, 0.05) is 27.9 Å². The van der Waals surface area contributed by atoms with Crippen LogP contribution in [-0.4, -0.2) is 43.4 Å². The van der Waals surface area contributed by atoms with Gasteiger partial charge in [0.05, 0.1) is 5.56 Å². The quantitative estimate of drug-likeness (QED) is 0.233. The molecule has 0 aliphatic heterocycles. The van der Waals surface area contributed by atoms with Gasteiger partial charge in [0.2, 0.25) is 5.78 Å². The fourth-order valence-corrected chi connectivity index (χ4v) is 8.23. The van der Waals surface area contributed by atoms with Crippen molar-refractivity contribution in [3.63, 3.8) is 0 Å². The second kappa shape index (κ2) is 10.1. The SMILES string of the molecule is CC(=O)C1=C(O)[C@]2(O)C(=O)C3=C(O)c4c(O)c(/C=C/c5ccccc5)cc(C(C)C)c4C[C@]3(C)C[C@]2(C)C(C(C)C)C1=O. The zero-order valence-corrected chi connectivity index (χ0v) is 25.8. The number of aliphatic hydroxyl groups is 3. The molecule has 43 heavy (non-hydrogen) atoms. The number of aromatic hydroxyl groups is 1. The van der Waals surface area contributed by atoms with Crippen molar-refractivity contribution in [1.82, 2.24) is 0 Å². The third-order valence-electron chi connectivity index (χ3n) is 9.95. The number of phenols is 1. The number of phenolic OH excluding ortho intramolecular Hbond substituents is 1. The van der Waals surface area contributed by atoms with E-state index in [0.29, 0.717) is 11.1 Å². The van der Waals surface area contributed by atoms with Gasteiger partial charge in [0.1, 0.15) is 22.8 Å². The molecule has 226 valence electrons. The van der Waals surface area contributed by atoms with Crippen LogP contribution in [0.3, 0.4) is 0 Å². The number of carbonyl (C=O) groups is 3. The fraction of sp³-hybridized carbons (Fsp3) is 0.417. The molecule has 1 unspecified atom stereocenters. The molecule has 3 aliphatic carbocycles. The Hall–Kier alpha value is -3.97. The first kappa shape index (κ1) is 30.5. The molecule has 0 radical (unpaired) electrons. The van der Waals surface area contributed by atoms with Gasteiger partial charge < -0.3 is 20.4 Å². The Labute approximate surface area is 252 Å². The highest BCUT2D eigenvalue weighted by Gasteiger charge is 2.72. The van der Waals surface area contributed by atoms with E-state index in [4.69, 9.17) is 0 Å². The molecule has 1 fully saturated rings. The third kappa shape index (κ3) is 4.15. The Morgan fingerprint density at radius 2 is 1.63 bits per heavy atom. The zero-order chi connectivity index (χ0) is 31.8. The molecule has 0 amide bonds. The molecule has 2 aromatic rings. The summed E-state index contributed by atoms with van der Waals surface area (Å²) in [5.41, 5.74) is -2.77. The van der Waals surface area contributed by atoms with Gasteiger partial charge in [-0.2, -0.15) is 0 Å². The van der Waals surface area contributed by atoms with Crippen LogP contribution >= 0.6 is 0 Å². The standard InChI is InChI=1S/C36H40O7/c1-18(2)23-15-22(14-13-21-11-9-8-10-12-21)29(38)26-24(23)16-34(6)17-35(7)27(19(3)4)30(39)25(20(5)37)32(41)36(35,43)33(42)28(34)31(26)40/h8-15,18-19,27,38,40-41,43H,16-17H2,1-7H3/b14-13+/t27?,34-,35-,36+/m1/s1. The smallest absolute Gasteiger partial charge is 0.203 e. The van der Waals surface area contributed by atoms with Gasteiger partial charge in [-0.3, -0.25) is 14.4 Å². The molecule has 2 aromatic carbocycles. The van der Waals surface area contributed by atoms with Crippen LogP contribution in [0.4, 0.5) is 0 Å². The maximum Gasteiger partial charge on any atom is 0.203 e. The van der Waals surface area contributed by atoms with Crippen molar-refractivity contribution in [3.8, 4) is 5.75 Å². The highest BCUT2D eigenvalue weighted by Crippen LogP contribution is 2.65. The van der Waals surface area contributed by atoms with E-state index in [1.807, 2.05) is 63.2 Å². The largest absolute Gasteiger partial charge is 0.508 e. The van der Waals surface area contributed by atoms with Gasteiger partial charge in [-0.05, 0) is 54.4 Å². The molecule has 0 saturated heterocycles. The van der Waals surface area contributed by atoms with Crippen molar-refractivity contribution in [2.75, 3.05) is 0 Å². The van der Waals surface area contributed by atoms with Crippen LogP contribution in [0.5, 0.6) is 5.75 Å². The maximum absolute atomic E-state index is 14.5. The predicted molar refractivity (Wildman–Crippen MR) is 165 cm³/mol. The Kier molecular flexibility index (Phi) is 7.13. The van der Waals surface area contributed by atoms with E-state index in [0.717, 1.165) is 18.1 Å². The first-order chi connectivity index (χ1) is 20.0. The molecule has 4 atom stereocenters. The number of benzene rings is 2. The number of aliphatic hydroxyl groups excluding tert-OH is 2. The topological polar surface area (TPSA) is 132 Å². The summed E-state index contributed by atoms with van der Waals surface area (Å²) in [6, 6.07) is 11.5. The van der Waals surface area contributed by atoms with Gasteiger partial charge in [0.15, 0.2) is 17.2 Å². The second-order valence-corrected chi connectivity index (χ2v) is 13.6. The summed E-state index contributed by atoms with van der Waals surface area (Å²) in [6.45, 7) is 12.2. The minimum Gasteiger partial charge on any atom is -0.508 e. The summed E-state index contributed by atoms with van der Waals surface area (Å²) in [7, 11) is 0. The monoisotopic (exact) mass is 584 g/mol. The number of fused-ring (bicyclic) bond motifs is 3. The highest BCUT2D eigenvalue weighted by atomic mass is 16.3. The van der Waals surface area contributed by atoms with Gasteiger partial charge in [0.25, 0.3) is 0 Å². The van der Waals surface area contributed by atoms with Crippen LogP contribution in [0, 0.1) is 22.7 Å². The Morgan fingerprint density at radius 1 is 1.00 bits per heavy atom. The molecule has 7 nitrogen and oxygen atoms in total. The van der Waals surface area contributed by atoms with E-state index < -0.39 is 56.8 Å². The van der Waals surface area contributed by atoms with E-state index in [9.17, 15) is 34.8 Å². The van der Waals surface area contributed by atoms with Gasteiger partial charge in [-0.15, -0.1) is 0 Å². The summed E-state index contributed by atoms with van der Waals surface area (Å²) >= 11 is 0. The third-order valence-corrected chi connectivity index (χ3v) is 9.95. The molecule has 4 N–H and O–H groups in total. The van der Waals surface area contributed by atoms with Crippen LogP contribution < -0.4 is 0 Å². The first-order valence-electron chi connectivity index (χ1n) is 14.8. The lowest BCUT2D eigenvalue weighted by atomic mass is 9.43. The minimum atomic E-state index is -2.63. The van der Waals surface area contributed by atoms with Crippen LogP contribution in [0.25, 0.3) is 17.9 Å². The van der Waals surface area contributed by atoms with Gasteiger partial charge in [-0.1, -0.05) is 84.0 Å². The summed E-state index contributed by atoms with van der Waals surface area (Å²) < 4.78 is 0. The number of hydrogen-bond donors (Lipinski definition) is 4. The Morgan fingerprint density at radius 3 is 2.19 bits per heavy atom. The number of rotatable bonds is 5. The highest BCUT2D eigenvalue weighted by molar-refractivity contribution is 6.24. The molecule has 1 saturated carbocycles. The lowest BCUT2D eigenvalue weighted by molar-refractivity contribution is -0.178. The van der Waals surface area contributed by atoms with Crippen molar-refractivity contribution in [2.24, 2.45) is 22.7 Å². The van der Waals surface area contributed by atoms with E-state index in [-0.39, 0.29) is 41.6 Å². The number of ketones is 3. The van der Waals surface area contributed by atoms with Crippen molar-refractivity contribution in [3.05, 3.63) is 81.1 Å². The van der Waals surface area contributed by atoms with Crippen molar-refractivity contribution in [1.29, 1.82) is 0 Å². The number of hydrogen-bond acceptors (Lipinski definition) is 7. The average molecular weight is 585 g/mol. The zero-order valence-electron chi connectivity index (χ0n) is 25.8. The van der Waals surface area contributed by atoms with Crippen LogP contribution in [0.2, 0.25) is 0 Å². The molecular formula is C36H40O7. The number of allylic oxidation sites excluding steroid dienone is 1. The molecule has 0 spiro atoms. The molecule has 5 rings (SSSR count). The van der Waals surface area contributed by atoms with E-state index in [1.165, 1.54) is 0 Å². The van der Waals surface area contributed by atoms with E-state index in [1.54, 1.807) is 26.8 Å². The molecule has 7 heteroatoms. The van der Waals surface area contributed by atoms with E-state index in [2.05, 4.69) is 0 Å². The fourth-order valence-electron chi connectivity index (χ4n) is 8.23. The van der Waals surface area contributed by atoms with Gasteiger partial charge >= 0.3 is 0 Å². The molecule has 0 heterocycles. The first-order valence-corrected chi connectivity index (χ1v) is 14.8. The summed E-state index contributed by atoms with van der Waals surface area (Å²) in [4.78, 5) is 40.8. The average Bonchev–Trinajstić information content (AvgIpc) is 2.90. The number of Topliss-reactive ketones (excluding diaryl/α,β-unsaturated/α-hetero) is 3. The summed E-state index contributed by atoms with van der Waals surface area (Å²) in [6.07, 6.45) is 3.92. The van der Waals surface area contributed by atoms with Crippen molar-refractivity contribution in [2.45, 2.75) is 72.8 Å². The van der Waals surface area contributed by atoms with Crippen molar-refractivity contribution >= 4 is 35.3 Å². The molecule has 3 aliphatic rings. The molecule has 0 bridgehead atoms. The van der Waals surface area contributed by atoms with Crippen molar-refractivity contribution < 1.29 is 34.8 Å². The van der Waals surface area contributed by atoms with Crippen LogP contribution in [0.15, 0.2) is 53.3 Å². The van der Waals surface area contributed by atoms with E-state index >= 15 is 0 Å².